The van der Waals surface area contributed by atoms with E-state index in [1.54, 1.807) is 30.6 Å². The maximum Gasteiger partial charge on any atom is 0.277 e. The van der Waals surface area contributed by atoms with Gasteiger partial charge in [-0.3, -0.25) is 9.69 Å². The number of benzene rings is 1. The van der Waals surface area contributed by atoms with Gasteiger partial charge in [-0.15, -0.1) is 0 Å². The lowest BCUT2D eigenvalue weighted by molar-refractivity contribution is 0.267. The van der Waals surface area contributed by atoms with Crippen LogP contribution in [0.2, 0.25) is 0 Å². The maximum absolute atomic E-state index is 13.1. The van der Waals surface area contributed by atoms with Gasteiger partial charge in [0.1, 0.15) is 11.3 Å². The molecule has 0 unspecified atom stereocenters. The molecule has 0 aliphatic carbocycles. The van der Waals surface area contributed by atoms with E-state index in [0.29, 0.717) is 29.5 Å². The van der Waals surface area contributed by atoms with Crippen molar-refractivity contribution in [2.24, 2.45) is 0 Å². The van der Waals surface area contributed by atoms with E-state index >= 15 is 0 Å². The number of hydrogen-bond donors (Lipinski definition) is 0. The molecule has 0 saturated carbocycles. The van der Waals surface area contributed by atoms with Gasteiger partial charge in [0.05, 0.1) is 18.8 Å². The van der Waals surface area contributed by atoms with Crippen molar-refractivity contribution >= 4 is 5.52 Å². The monoisotopic (exact) mass is 394 g/mol. The van der Waals surface area contributed by atoms with Gasteiger partial charge in [0.2, 0.25) is 5.89 Å². The molecule has 4 aromatic rings. The lowest BCUT2D eigenvalue weighted by Crippen LogP contribution is -2.22. The van der Waals surface area contributed by atoms with Crippen molar-refractivity contribution in [1.82, 2.24) is 29.2 Å². The van der Waals surface area contributed by atoms with Crippen LogP contribution < -0.4 is 5.56 Å². The molecule has 0 spiro atoms. The summed E-state index contributed by atoms with van der Waals surface area (Å²) in [6.07, 6.45) is 5.74. The Hall–Kier alpha value is -3.33. The fourth-order valence-electron chi connectivity index (χ4n) is 3.62. The summed E-state index contributed by atoms with van der Waals surface area (Å²) in [6, 6.07) is 7.70. The van der Waals surface area contributed by atoms with Crippen LogP contribution in [0.25, 0.3) is 16.8 Å². The number of hydrogen-bond acceptors (Lipinski definition) is 6. The minimum atomic E-state index is -0.316. The smallest absolute Gasteiger partial charge is 0.277 e. The molecule has 1 fully saturated rings. The van der Waals surface area contributed by atoms with E-state index in [0.717, 1.165) is 18.7 Å². The molecular weight excluding hydrogens is 375 g/mol. The molecular formula is C20H19FN6O2. The van der Waals surface area contributed by atoms with Crippen LogP contribution in [0.15, 0.2) is 52.0 Å². The zero-order valence-electron chi connectivity index (χ0n) is 15.7. The summed E-state index contributed by atoms with van der Waals surface area (Å²) >= 11 is 0. The average molecular weight is 394 g/mol. The highest BCUT2D eigenvalue weighted by molar-refractivity contribution is 5.65. The third kappa shape index (κ3) is 3.56. The number of likely N-dealkylation sites (tertiary alicyclic amines) is 1. The minimum absolute atomic E-state index is 0.209. The number of nitrogens with zero attached hydrogens (tertiary/aromatic N) is 6. The molecule has 148 valence electrons. The molecule has 8 nitrogen and oxygen atoms in total. The van der Waals surface area contributed by atoms with Crippen LogP contribution in [0, 0.1) is 5.82 Å². The fraction of sp³-hybridized carbons (Fsp3) is 0.300. The van der Waals surface area contributed by atoms with Crippen molar-refractivity contribution in [2.75, 3.05) is 13.1 Å². The predicted molar refractivity (Wildman–Crippen MR) is 103 cm³/mol. The fourth-order valence-corrected chi connectivity index (χ4v) is 3.62. The zero-order chi connectivity index (χ0) is 19.8. The molecule has 0 bridgehead atoms. The Morgan fingerprint density at radius 3 is 2.66 bits per heavy atom. The predicted octanol–water partition coefficient (Wildman–Crippen LogP) is 2.33. The summed E-state index contributed by atoms with van der Waals surface area (Å²) in [6.45, 7) is 2.96. The second kappa shape index (κ2) is 7.25. The highest BCUT2D eigenvalue weighted by atomic mass is 19.1. The van der Waals surface area contributed by atoms with E-state index in [-0.39, 0.29) is 17.9 Å². The first-order chi connectivity index (χ1) is 14.2. The second-order valence-electron chi connectivity index (χ2n) is 7.19. The van der Waals surface area contributed by atoms with E-state index in [1.807, 2.05) is 0 Å². The van der Waals surface area contributed by atoms with Crippen molar-refractivity contribution in [3.63, 3.8) is 0 Å². The van der Waals surface area contributed by atoms with E-state index in [2.05, 4.69) is 20.1 Å². The summed E-state index contributed by atoms with van der Waals surface area (Å²) in [5.41, 5.74) is 1.56. The standard InChI is InChI=1S/C20H19FN6O2/c21-15-5-3-14(4-6-15)16-11-17-20(28)26(9-10-27(17)23-16)12-18-22-19(29-24-18)13-25-7-1-2-8-25/h3-6,9-11H,1-2,7-8,12-13H2. The first kappa shape index (κ1) is 17.7. The SMILES string of the molecule is O=c1c2cc(-c3ccc(F)cc3)nn2ccn1Cc1noc(CN2CCCC2)n1. The van der Waals surface area contributed by atoms with Crippen LogP contribution >= 0.6 is 0 Å². The quantitative estimate of drug-likeness (QED) is 0.517. The highest BCUT2D eigenvalue weighted by Crippen LogP contribution is 2.19. The largest absolute Gasteiger partial charge is 0.338 e. The van der Waals surface area contributed by atoms with Crippen LogP contribution in [-0.2, 0) is 13.1 Å². The molecule has 0 N–H and O–H groups in total. The van der Waals surface area contributed by atoms with E-state index in [4.69, 9.17) is 4.52 Å². The number of halogens is 1. The Morgan fingerprint density at radius 2 is 1.86 bits per heavy atom. The molecule has 29 heavy (non-hydrogen) atoms. The molecule has 0 radical (unpaired) electrons. The van der Waals surface area contributed by atoms with Gasteiger partial charge < -0.3 is 9.09 Å². The maximum atomic E-state index is 13.1. The molecule has 1 aliphatic rings. The molecule has 0 amide bonds. The third-order valence-corrected chi connectivity index (χ3v) is 5.12. The van der Waals surface area contributed by atoms with Gasteiger partial charge in [0, 0.05) is 18.0 Å². The van der Waals surface area contributed by atoms with Gasteiger partial charge in [-0.2, -0.15) is 10.1 Å². The topological polar surface area (TPSA) is 81.5 Å². The molecule has 3 aromatic heterocycles. The van der Waals surface area contributed by atoms with Crippen LogP contribution in [0.3, 0.4) is 0 Å². The summed E-state index contributed by atoms with van der Waals surface area (Å²) in [5, 5.41) is 8.41. The molecule has 9 heteroatoms. The van der Waals surface area contributed by atoms with Crippen molar-refractivity contribution in [2.45, 2.75) is 25.9 Å². The van der Waals surface area contributed by atoms with Crippen molar-refractivity contribution < 1.29 is 8.91 Å². The van der Waals surface area contributed by atoms with Crippen molar-refractivity contribution in [1.29, 1.82) is 0 Å². The van der Waals surface area contributed by atoms with Crippen LogP contribution in [0.5, 0.6) is 0 Å². The van der Waals surface area contributed by atoms with E-state index < -0.39 is 0 Å². The normalized spacial score (nSPS) is 14.8. The molecule has 1 aromatic carbocycles. The van der Waals surface area contributed by atoms with Gasteiger partial charge in [-0.05, 0) is 56.3 Å². The summed E-state index contributed by atoms with van der Waals surface area (Å²) in [7, 11) is 0. The Bertz CT molecular complexity index is 1200. The second-order valence-corrected chi connectivity index (χ2v) is 7.19. The number of aromatic nitrogens is 5. The van der Waals surface area contributed by atoms with Gasteiger partial charge in [0.15, 0.2) is 5.82 Å². The first-order valence-electron chi connectivity index (χ1n) is 9.54. The Balaban J connectivity index is 1.39. The third-order valence-electron chi connectivity index (χ3n) is 5.12. The summed E-state index contributed by atoms with van der Waals surface area (Å²) in [4.78, 5) is 19.6. The summed E-state index contributed by atoms with van der Waals surface area (Å²) < 4.78 is 21.5. The molecule has 0 atom stereocenters. The molecule has 5 rings (SSSR count). The van der Waals surface area contributed by atoms with E-state index in [1.165, 1.54) is 34.1 Å². The van der Waals surface area contributed by atoms with Gasteiger partial charge in [-0.1, -0.05) is 5.16 Å². The Morgan fingerprint density at radius 1 is 1.07 bits per heavy atom. The molecule has 4 heterocycles. The van der Waals surface area contributed by atoms with Crippen LogP contribution in [-0.4, -0.2) is 42.3 Å². The lowest BCUT2D eigenvalue weighted by atomic mass is 10.1. The lowest BCUT2D eigenvalue weighted by Gasteiger charge is -2.09. The van der Waals surface area contributed by atoms with E-state index in [9.17, 15) is 9.18 Å². The number of rotatable bonds is 5. The first-order valence-corrected chi connectivity index (χ1v) is 9.54. The van der Waals surface area contributed by atoms with Gasteiger partial charge >= 0.3 is 0 Å². The van der Waals surface area contributed by atoms with Gasteiger partial charge in [0.25, 0.3) is 5.56 Å². The Kier molecular flexibility index (Phi) is 4.44. The zero-order valence-corrected chi connectivity index (χ0v) is 15.7. The molecule has 1 saturated heterocycles. The minimum Gasteiger partial charge on any atom is -0.338 e. The van der Waals surface area contributed by atoms with Crippen LogP contribution in [0.4, 0.5) is 4.39 Å². The van der Waals surface area contributed by atoms with Crippen LogP contribution in [0.1, 0.15) is 24.6 Å². The average Bonchev–Trinajstić information content (AvgIpc) is 3.46. The van der Waals surface area contributed by atoms with Crippen molar-refractivity contribution in [3.8, 4) is 11.3 Å². The molecule has 1 aliphatic heterocycles. The number of fused-ring (bicyclic) bond motifs is 1. The Labute approximate surface area is 165 Å². The van der Waals surface area contributed by atoms with Crippen molar-refractivity contribution in [3.05, 3.63) is 70.6 Å². The summed E-state index contributed by atoms with van der Waals surface area (Å²) in [5.74, 6) is 0.715. The van der Waals surface area contributed by atoms with Gasteiger partial charge in [-0.25, -0.2) is 8.91 Å². The highest BCUT2D eigenvalue weighted by Gasteiger charge is 2.16.